The fraction of sp³-hybridized carbons (Fsp3) is 0.929. The van der Waals surface area contributed by atoms with E-state index in [0.717, 1.165) is 38.5 Å². The van der Waals surface area contributed by atoms with Gasteiger partial charge >= 0.3 is 5.97 Å². The van der Waals surface area contributed by atoms with Crippen molar-refractivity contribution in [2.45, 2.75) is 62.9 Å². The molecule has 4 nitrogen and oxygen atoms in total. The number of epoxide rings is 2. The molecule has 0 aromatic heterocycles. The van der Waals surface area contributed by atoms with Gasteiger partial charge in [0.1, 0.15) is 0 Å². The Kier molecular flexibility index (Phi) is 2.62. The van der Waals surface area contributed by atoms with Crippen LogP contribution in [-0.4, -0.2) is 37.0 Å². The van der Waals surface area contributed by atoms with E-state index in [1.54, 1.807) is 0 Å². The van der Waals surface area contributed by atoms with Gasteiger partial charge < -0.3 is 14.2 Å². The monoisotopic (exact) mass is 252 g/mol. The normalized spacial score (nSPS) is 48.9. The van der Waals surface area contributed by atoms with E-state index in [1.165, 1.54) is 0 Å². The number of rotatable bonds is 3. The van der Waals surface area contributed by atoms with Gasteiger partial charge in [0.15, 0.2) is 0 Å². The van der Waals surface area contributed by atoms with Crippen molar-refractivity contribution in [2.24, 2.45) is 11.8 Å². The van der Waals surface area contributed by atoms with Crippen molar-refractivity contribution in [3.05, 3.63) is 0 Å². The van der Waals surface area contributed by atoms with Gasteiger partial charge in [0.05, 0.1) is 36.9 Å². The SMILES string of the molecule is O=C(OC[C@@H]1CC[C@@H]2O[C@@H]2C1)[C@@H]1CC[C@@H]2O[C@H]2C1. The van der Waals surface area contributed by atoms with Crippen molar-refractivity contribution >= 4 is 5.97 Å². The van der Waals surface area contributed by atoms with Gasteiger partial charge in [-0.15, -0.1) is 0 Å². The highest BCUT2D eigenvalue weighted by Crippen LogP contribution is 2.41. The molecule has 0 amide bonds. The molecule has 2 aliphatic carbocycles. The summed E-state index contributed by atoms with van der Waals surface area (Å²) in [5, 5.41) is 0. The van der Waals surface area contributed by atoms with Crippen LogP contribution in [0.5, 0.6) is 0 Å². The number of fused-ring (bicyclic) bond motifs is 2. The van der Waals surface area contributed by atoms with Crippen molar-refractivity contribution in [2.75, 3.05) is 6.61 Å². The molecule has 4 fully saturated rings. The third kappa shape index (κ3) is 2.16. The Morgan fingerprint density at radius 3 is 2.39 bits per heavy atom. The topological polar surface area (TPSA) is 51.4 Å². The quantitative estimate of drug-likeness (QED) is 0.566. The summed E-state index contributed by atoms with van der Waals surface area (Å²) in [6.45, 7) is 0.594. The van der Waals surface area contributed by atoms with Gasteiger partial charge in [-0.3, -0.25) is 4.79 Å². The summed E-state index contributed by atoms with van der Waals surface area (Å²) in [5.41, 5.74) is 0. The lowest BCUT2D eigenvalue weighted by molar-refractivity contribution is -0.151. The van der Waals surface area contributed by atoms with Gasteiger partial charge in [0, 0.05) is 0 Å². The van der Waals surface area contributed by atoms with Crippen LogP contribution in [0.15, 0.2) is 0 Å². The van der Waals surface area contributed by atoms with Crippen LogP contribution in [0, 0.1) is 11.8 Å². The molecule has 0 bridgehead atoms. The van der Waals surface area contributed by atoms with E-state index in [1.807, 2.05) is 0 Å². The first kappa shape index (κ1) is 11.2. The van der Waals surface area contributed by atoms with E-state index >= 15 is 0 Å². The number of esters is 1. The number of carbonyl (C=O) groups excluding carboxylic acids is 1. The van der Waals surface area contributed by atoms with E-state index in [9.17, 15) is 4.79 Å². The summed E-state index contributed by atoms with van der Waals surface area (Å²) in [4.78, 5) is 12.0. The van der Waals surface area contributed by atoms with Gasteiger partial charge in [-0.05, 0) is 44.4 Å². The summed E-state index contributed by atoms with van der Waals surface area (Å²) >= 11 is 0. The third-order valence-electron chi connectivity index (χ3n) is 4.91. The predicted molar refractivity (Wildman–Crippen MR) is 63.0 cm³/mol. The molecule has 2 saturated carbocycles. The first-order chi connectivity index (χ1) is 8.79. The maximum Gasteiger partial charge on any atom is 0.309 e. The van der Waals surface area contributed by atoms with Crippen molar-refractivity contribution in [1.82, 2.24) is 0 Å². The summed E-state index contributed by atoms with van der Waals surface area (Å²) in [5.74, 6) is 0.608. The fourth-order valence-electron chi connectivity index (χ4n) is 3.57. The molecule has 2 aliphatic heterocycles. The second-order valence-electron chi connectivity index (χ2n) is 6.25. The highest BCUT2D eigenvalue weighted by atomic mass is 16.6. The molecular formula is C14H20O4. The molecule has 6 atom stereocenters. The minimum absolute atomic E-state index is 0.00258. The minimum Gasteiger partial charge on any atom is -0.465 e. The smallest absolute Gasteiger partial charge is 0.309 e. The molecule has 100 valence electrons. The first-order valence-corrected chi connectivity index (χ1v) is 7.27. The van der Waals surface area contributed by atoms with Gasteiger partial charge in [-0.25, -0.2) is 0 Å². The zero-order valence-electron chi connectivity index (χ0n) is 10.5. The van der Waals surface area contributed by atoms with Crippen LogP contribution in [0.4, 0.5) is 0 Å². The molecular weight excluding hydrogens is 232 g/mol. The average Bonchev–Trinajstić information content (AvgIpc) is 3.26. The minimum atomic E-state index is 0.00258. The Morgan fingerprint density at radius 1 is 0.944 bits per heavy atom. The maximum absolute atomic E-state index is 12.0. The van der Waals surface area contributed by atoms with Crippen LogP contribution in [-0.2, 0) is 19.0 Å². The van der Waals surface area contributed by atoms with Crippen LogP contribution >= 0.6 is 0 Å². The Labute approximate surface area is 107 Å². The van der Waals surface area contributed by atoms with Gasteiger partial charge in [0.25, 0.3) is 0 Å². The van der Waals surface area contributed by atoms with Crippen LogP contribution in [0.25, 0.3) is 0 Å². The lowest BCUT2D eigenvalue weighted by Gasteiger charge is -2.21. The van der Waals surface area contributed by atoms with Crippen molar-refractivity contribution in [3.8, 4) is 0 Å². The second kappa shape index (κ2) is 4.20. The fourth-order valence-corrected chi connectivity index (χ4v) is 3.57. The predicted octanol–water partition coefficient (Wildman–Crippen LogP) is 1.66. The second-order valence-corrected chi connectivity index (χ2v) is 6.25. The zero-order valence-corrected chi connectivity index (χ0v) is 10.5. The Morgan fingerprint density at radius 2 is 1.67 bits per heavy atom. The summed E-state index contributed by atoms with van der Waals surface area (Å²) in [6.07, 6.45) is 8.03. The van der Waals surface area contributed by atoms with E-state index in [0.29, 0.717) is 36.9 Å². The summed E-state index contributed by atoms with van der Waals surface area (Å²) in [7, 11) is 0. The largest absolute Gasteiger partial charge is 0.465 e. The van der Waals surface area contributed by atoms with E-state index in [-0.39, 0.29) is 11.9 Å². The van der Waals surface area contributed by atoms with E-state index in [2.05, 4.69) is 0 Å². The average molecular weight is 252 g/mol. The Bertz CT molecular complexity index is 356. The molecule has 4 rings (SSSR count). The Balaban J connectivity index is 1.23. The highest BCUT2D eigenvalue weighted by molar-refractivity contribution is 5.72. The van der Waals surface area contributed by atoms with Crippen molar-refractivity contribution in [3.63, 3.8) is 0 Å². The maximum atomic E-state index is 12.0. The van der Waals surface area contributed by atoms with Crippen LogP contribution in [0.2, 0.25) is 0 Å². The molecule has 18 heavy (non-hydrogen) atoms. The van der Waals surface area contributed by atoms with Crippen LogP contribution < -0.4 is 0 Å². The lowest BCUT2D eigenvalue weighted by Crippen LogP contribution is -2.27. The molecule has 2 heterocycles. The van der Waals surface area contributed by atoms with E-state index < -0.39 is 0 Å². The first-order valence-electron chi connectivity index (χ1n) is 7.27. The molecule has 0 N–H and O–H groups in total. The van der Waals surface area contributed by atoms with Crippen LogP contribution in [0.1, 0.15) is 38.5 Å². The molecule has 2 saturated heterocycles. The molecule has 4 aliphatic rings. The summed E-state index contributed by atoms with van der Waals surface area (Å²) < 4.78 is 16.4. The number of ether oxygens (including phenoxy) is 3. The van der Waals surface area contributed by atoms with E-state index in [4.69, 9.17) is 14.2 Å². The third-order valence-corrected chi connectivity index (χ3v) is 4.91. The van der Waals surface area contributed by atoms with Gasteiger partial charge in [-0.1, -0.05) is 0 Å². The number of hydrogen-bond donors (Lipinski definition) is 0. The lowest BCUT2D eigenvalue weighted by atomic mass is 9.89. The van der Waals surface area contributed by atoms with Crippen molar-refractivity contribution < 1.29 is 19.0 Å². The van der Waals surface area contributed by atoms with Crippen molar-refractivity contribution in [1.29, 1.82) is 0 Å². The standard InChI is InChI=1S/C14H20O4/c15-14(9-2-4-11-13(6-9)18-11)16-7-8-1-3-10-12(5-8)17-10/h8-13H,1-7H2/t8-,9-,10+,11+,12-,13+/m1/s1. The van der Waals surface area contributed by atoms with Gasteiger partial charge in [0.2, 0.25) is 0 Å². The summed E-state index contributed by atoms with van der Waals surface area (Å²) in [6, 6.07) is 0. The number of hydrogen-bond acceptors (Lipinski definition) is 4. The van der Waals surface area contributed by atoms with Crippen LogP contribution in [0.3, 0.4) is 0 Å². The molecule has 0 spiro atoms. The molecule has 0 aromatic carbocycles. The molecule has 0 radical (unpaired) electrons. The zero-order chi connectivity index (χ0) is 12.1. The Hall–Kier alpha value is -0.610. The molecule has 0 unspecified atom stereocenters. The van der Waals surface area contributed by atoms with Gasteiger partial charge in [-0.2, -0.15) is 0 Å². The molecule has 0 aromatic rings. The molecule has 4 heteroatoms. The highest BCUT2D eigenvalue weighted by Gasteiger charge is 2.47. The number of carbonyl (C=O) groups is 1.